The second-order valence-electron chi connectivity index (χ2n) is 5.59. The molecule has 1 aliphatic rings. The Bertz CT molecular complexity index is 716. The fraction of sp³-hybridized carbons (Fsp3) is 0.375. The molecular formula is C16H17N3O3S. The lowest BCUT2D eigenvalue weighted by Gasteiger charge is -2.37. The number of nitrogens with zero attached hydrogens (tertiary/aromatic N) is 3. The van der Waals surface area contributed by atoms with Crippen molar-refractivity contribution in [2.45, 2.75) is 25.8 Å². The van der Waals surface area contributed by atoms with Crippen LogP contribution in [-0.4, -0.2) is 44.4 Å². The van der Waals surface area contributed by atoms with Crippen LogP contribution >= 0.6 is 11.3 Å². The summed E-state index contributed by atoms with van der Waals surface area (Å²) < 4.78 is 0. The van der Waals surface area contributed by atoms with E-state index in [0.717, 1.165) is 10.6 Å². The minimum Gasteiger partial charge on any atom is -0.481 e. The van der Waals surface area contributed by atoms with E-state index in [0.29, 0.717) is 24.3 Å². The Morgan fingerprint density at radius 1 is 1.35 bits per heavy atom. The average molecular weight is 331 g/mol. The first-order chi connectivity index (χ1) is 11.1. The topological polar surface area (TPSA) is 83.4 Å². The van der Waals surface area contributed by atoms with Gasteiger partial charge < -0.3 is 10.0 Å². The third kappa shape index (κ3) is 3.10. The van der Waals surface area contributed by atoms with Gasteiger partial charge in [0.1, 0.15) is 9.88 Å². The van der Waals surface area contributed by atoms with Crippen molar-refractivity contribution in [3.05, 3.63) is 35.6 Å². The number of amides is 1. The van der Waals surface area contributed by atoms with Crippen molar-refractivity contribution in [3.8, 4) is 10.6 Å². The highest BCUT2D eigenvalue weighted by Crippen LogP contribution is 2.29. The second-order valence-corrected chi connectivity index (χ2v) is 6.62. The van der Waals surface area contributed by atoms with Crippen molar-refractivity contribution in [3.63, 3.8) is 0 Å². The monoisotopic (exact) mass is 331 g/mol. The predicted molar refractivity (Wildman–Crippen MR) is 86.2 cm³/mol. The number of carbonyl (C=O) groups is 2. The molecule has 1 saturated heterocycles. The maximum atomic E-state index is 12.7. The number of hydrogen-bond acceptors (Lipinski definition) is 5. The Labute approximate surface area is 137 Å². The molecule has 1 amide bonds. The third-order valence-corrected chi connectivity index (χ3v) is 5.24. The first-order valence-corrected chi connectivity index (χ1v) is 8.29. The lowest BCUT2D eigenvalue weighted by atomic mass is 9.90. The van der Waals surface area contributed by atoms with Crippen molar-refractivity contribution in [1.29, 1.82) is 0 Å². The molecule has 3 rings (SSSR count). The number of thiazole rings is 1. The van der Waals surface area contributed by atoms with Gasteiger partial charge in [0.25, 0.3) is 5.91 Å². The van der Waals surface area contributed by atoms with E-state index in [1.165, 1.54) is 11.3 Å². The zero-order chi connectivity index (χ0) is 16.4. The summed E-state index contributed by atoms with van der Waals surface area (Å²) in [7, 11) is 0. The highest BCUT2D eigenvalue weighted by molar-refractivity contribution is 7.16. The molecular weight excluding hydrogens is 314 g/mol. The Kier molecular flexibility index (Phi) is 4.38. The molecule has 2 atom stereocenters. The number of pyridine rings is 1. The molecule has 0 aliphatic carbocycles. The van der Waals surface area contributed by atoms with E-state index >= 15 is 0 Å². The summed E-state index contributed by atoms with van der Waals surface area (Å²) in [5.41, 5.74) is 0.916. The third-order valence-electron chi connectivity index (χ3n) is 4.21. The predicted octanol–water partition coefficient (Wildman–Crippen LogP) is 2.53. The molecule has 0 aromatic carbocycles. The standard InChI is InChI=1S/C16H17N3O3S/c1-10-12(16(21)22)3-2-8-19(10)15(20)13-9-18-14(23-13)11-4-6-17-7-5-11/h4-7,9-10,12H,2-3,8H2,1H3,(H,21,22)/t10-,12-/m1/s1. The molecule has 3 heterocycles. The number of carboxylic acids is 1. The maximum Gasteiger partial charge on any atom is 0.308 e. The van der Waals surface area contributed by atoms with Crippen LogP contribution in [0.1, 0.15) is 29.4 Å². The van der Waals surface area contributed by atoms with Crippen molar-refractivity contribution < 1.29 is 14.7 Å². The van der Waals surface area contributed by atoms with Crippen LogP contribution in [-0.2, 0) is 4.79 Å². The SMILES string of the molecule is C[C@@H]1[C@H](C(=O)O)CCCN1C(=O)c1cnc(-c2ccncc2)s1. The van der Waals surface area contributed by atoms with Crippen molar-refractivity contribution in [2.24, 2.45) is 5.92 Å². The van der Waals surface area contributed by atoms with Gasteiger partial charge in [0.2, 0.25) is 0 Å². The van der Waals surface area contributed by atoms with E-state index < -0.39 is 11.9 Å². The summed E-state index contributed by atoms with van der Waals surface area (Å²) in [6.07, 6.45) is 6.26. The second kappa shape index (κ2) is 6.45. The summed E-state index contributed by atoms with van der Waals surface area (Å²) in [4.78, 5) is 34.5. The van der Waals surface area contributed by atoms with Crippen LogP contribution in [0.5, 0.6) is 0 Å². The van der Waals surface area contributed by atoms with Gasteiger partial charge in [-0.25, -0.2) is 4.98 Å². The van der Waals surface area contributed by atoms with Crippen LogP contribution in [0.15, 0.2) is 30.7 Å². The number of aliphatic carboxylic acids is 1. The number of piperidine rings is 1. The lowest BCUT2D eigenvalue weighted by Crippen LogP contribution is -2.48. The molecule has 1 fully saturated rings. The average Bonchev–Trinajstić information content (AvgIpc) is 3.05. The van der Waals surface area contributed by atoms with Gasteiger partial charge in [0, 0.05) is 30.5 Å². The van der Waals surface area contributed by atoms with Gasteiger partial charge in [-0.15, -0.1) is 11.3 Å². The summed E-state index contributed by atoms with van der Waals surface area (Å²) in [5.74, 6) is -1.47. The largest absolute Gasteiger partial charge is 0.481 e. The summed E-state index contributed by atoms with van der Waals surface area (Å²) in [5, 5.41) is 10.0. The van der Waals surface area contributed by atoms with Gasteiger partial charge in [0.15, 0.2) is 0 Å². The number of carbonyl (C=O) groups excluding carboxylic acids is 1. The van der Waals surface area contributed by atoms with Gasteiger partial charge in [-0.05, 0) is 31.9 Å². The van der Waals surface area contributed by atoms with Crippen LogP contribution in [0.2, 0.25) is 0 Å². The highest BCUT2D eigenvalue weighted by Gasteiger charge is 2.36. The number of hydrogen-bond donors (Lipinski definition) is 1. The van der Waals surface area contributed by atoms with Crippen LogP contribution in [0.3, 0.4) is 0 Å². The number of likely N-dealkylation sites (tertiary alicyclic amines) is 1. The molecule has 1 N–H and O–H groups in total. The first-order valence-electron chi connectivity index (χ1n) is 7.48. The fourth-order valence-corrected chi connectivity index (χ4v) is 3.78. The summed E-state index contributed by atoms with van der Waals surface area (Å²) in [6, 6.07) is 3.38. The fourth-order valence-electron chi connectivity index (χ4n) is 2.90. The van der Waals surface area contributed by atoms with Crippen molar-refractivity contribution in [1.82, 2.24) is 14.9 Å². The first kappa shape index (κ1) is 15.6. The van der Waals surface area contributed by atoms with Crippen LogP contribution in [0, 0.1) is 5.92 Å². The molecule has 2 aromatic heterocycles. The molecule has 0 saturated carbocycles. The van der Waals surface area contributed by atoms with Crippen LogP contribution < -0.4 is 0 Å². The Morgan fingerprint density at radius 2 is 2.09 bits per heavy atom. The molecule has 23 heavy (non-hydrogen) atoms. The van der Waals surface area contributed by atoms with E-state index in [1.807, 2.05) is 12.1 Å². The molecule has 0 unspecified atom stereocenters. The van der Waals surface area contributed by atoms with Gasteiger partial charge in [-0.1, -0.05) is 0 Å². The number of rotatable bonds is 3. The molecule has 0 bridgehead atoms. The smallest absolute Gasteiger partial charge is 0.308 e. The minimum absolute atomic E-state index is 0.138. The molecule has 6 nitrogen and oxygen atoms in total. The minimum atomic E-state index is -0.836. The van der Waals surface area contributed by atoms with Crippen molar-refractivity contribution in [2.75, 3.05) is 6.54 Å². The van der Waals surface area contributed by atoms with Crippen molar-refractivity contribution >= 4 is 23.2 Å². The maximum absolute atomic E-state index is 12.7. The summed E-state index contributed by atoms with van der Waals surface area (Å²) >= 11 is 1.32. The molecule has 0 spiro atoms. The molecule has 120 valence electrons. The number of carboxylic acid groups (broad SMARTS) is 1. The van der Waals surface area contributed by atoms with Gasteiger partial charge in [-0.2, -0.15) is 0 Å². The molecule has 1 aliphatic heterocycles. The van der Waals surface area contributed by atoms with Crippen LogP contribution in [0.4, 0.5) is 0 Å². The van der Waals surface area contributed by atoms with Crippen LogP contribution in [0.25, 0.3) is 10.6 Å². The molecule has 2 aromatic rings. The van der Waals surface area contributed by atoms with Gasteiger partial charge >= 0.3 is 5.97 Å². The Morgan fingerprint density at radius 3 is 2.78 bits per heavy atom. The van der Waals surface area contributed by atoms with Gasteiger partial charge in [0.05, 0.1) is 12.1 Å². The van der Waals surface area contributed by atoms with E-state index in [1.54, 1.807) is 30.4 Å². The van der Waals surface area contributed by atoms with E-state index in [2.05, 4.69) is 9.97 Å². The van der Waals surface area contributed by atoms with E-state index in [9.17, 15) is 14.7 Å². The Balaban J connectivity index is 1.81. The normalized spacial score (nSPS) is 21.2. The summed E-state index contributed by atoms with van der Waals surface area (Å²) in [6.45, 7) is 2.40. The molecule has 7 heteroatoms. The van der Waals surface area contributed by atoms with Gasteiger partial charge in [-0.3, -0.25) is 14.6 Å². The lowest BCUT2D eigenvalue weighted by molar-refractivity contribution is -0.144. The molecule has 0 radical (unpaired) electrons. The zero-order valence-electron chi connectivity index (χ0n) is 12.7. The quantitative estimate of drug-likeness (QED) is 0.934. The number of aromatic nitrogens is 2. The van der Waals surface area contributed by atoms with E-state index in [4.69, 9.17) is 0 Å². The highest BCUT2D eigenvalue weighted by atomic mass is 32.1. The Hall–Kier alpha value is -2.28. The zero-order valence-corrected chi connectivity index (χ0v) is 13.5. The van der Waals surface area contributed by atoms with E-state index in [-0.39, 0.29) is 11.9 Å².